The molecule has 1 rings (SSSR count). The van der Waals surface area contributed by atoms with E-state index in [0.29, 0.717) is 12.5 Å². The van der Waals surface area contributed by atoms with Crippen molar-refractivity contribution in [1.29, 1.82) is 0 Å². The standard InChI is InChI=1S/C9H13IN4O/c1-3-14(6-8(15)11-2)9-12-4-7(10)5-13-9/h4-5H,3,6H2,1-2H3,(H,11,15). The molecular formula is C9H13IN4O. The summed E-state index contributed by atoms with van der Waals surface area (Å²) >= 11 is 2.14. The Morgan fingerprint density at radius 1 is 1.53 bits per heavy atom. The number of carbonyl (C=O) groups excluding carboxylic acids is 1. The van der Waals surface area contributed by atoms with Crippen LogP contribution in [0.3, 0.4) is 0 Å². The number of nitrogens with one attached hydrogen (secondary N) is 1. The third kappa shape index (κ3) is 3.61. The minimum Gasteiger partial charge on any atom is -0.358 e. The molecule has 1 amide bonds. The number of hydrogen-bond acceptors (Lipinski definition) is 4. The quantitative estimate of drug-likeness (QED) is 0.828. The number of likely N-dealkylation sites (N-methyl/N-ethyl adjacent to an activating group) is 2. The molecule has 1 aromatic rings. The van der Waals surface area contributed by atoms with Gasteiger partial charge in [-0.05, 0) is 29.5 Å². The first-order chi connectivity index (χ1) is 7.17. The Kier molecular flexibility index (Phi) is 4.73. The number of anilines is 1. The van der Waals surface area contributed by atoms with E-state index in [9.17, 15) is 4.79 Å². The summed E-state index contributed by atoms with van der Waals surface area (Å²) in [6.07, 6.45) is 3.46. The van der Waals surface area contributed by atoms with Gasteiger partial charge in [0.05, 0.1) is 6.54 Å². The van der Waals surface area contributed by atoms with Gasteiger partial charge in [-0.3, -0.25) is 4.79 Å². The molecule has 5 nitrogen and oxygen atoms in total. The monoisotopic (exact) mass is 320 g/mol. The molecule has 0 bridgehead atoms. The number of halogens is 1. The van der Waals surface area contributed by atoms with E-state index < -0.39 is 0 Å². The molecule has 0 aliphatic carbocycles. The maximum absolute atomic E-state index is 11.2. The molecule has 0 aromatic carbocycles. The smallest absolute Gasteiger partial charge is 0.239 e. The van der Waals surface area contributed by atoms with Crippen LogP contribution in [0.2, 0.25) is 0 Å². The van der Waals surface area contributed by atoms with Crippen molar-refractivity contribution < 1.29 is 4.79 Å². The van der Waals surface area contributed by atoms with Gasteiger partial charge in [-0.15, -0.1) is 0 Å². The van der Waals surface area contributed by atoms with Gasteiger partial charge in [0.1, 0.15) is 0 Å². The van der Waals surface area contributed by atoms with Crippen molar-refractivity contribution in [1.82, 2.24) is 15.3 Å². The van der Waals surface area contributed by atoms with Crippen molar-refractivity contribution in [3.8, 4) is 0 Å². The Morgan fingerprint density at radius 3 is 2.60 bits per heavy atom. The lowest BCUT2D eigenvalue weighted by atomic mass is 10.5. The van der Waals surface area contributed by atoms with Crippen LogP contribution in [0.5, 0.6) is 0 Å². The molecule has 0 saturated heterocycles. The molecule has 6 heteroatoms. The van der Waals surface area contributed by atoms with Crippen LogP contribution in [0.15, 0.2) is 12.4 Å². The highest BCUT2D eigenvalue weighted by atomic mass is 127. The molecule has 0 radical (unpaired) electrons. The molecule has 1 heterocycles. The largest absolute Gasteiger partial charge is 0.358 e. The third-order valence-corrected chi connectivity index (χ3v) is 2.44. The van der Waals surface area contributed by atoms with Crippen LogP contribution in [-0.4, -0.2) is 36.0 Å². The van der Waals surface area contributed by atoms with E-state index in [1.807, 2.05) is 11.8 Å². The van der Waals surface area contributed by atoms with Crippen molar-refractivity contribution >= 4 is 34.4 Å². The summed E-state index contributed by atoms with van der Waals surface area (Å²) in [6.45, 7) is 2.95. The Morgan fingerprint density at radius 2 is 2.13 bits per heavy atom. The van der Waals surface area contributed by atoms with Crippen LogP contribution in [-0.2, 0) is 4.79 Å². The van der Waals surface area contributed by atoms with Gasteiger partial charge in [0, 0.05) is 29.6 Å². The fourth-order valence-electron chi connectivity index (χ4n) is 1.05. The van der Waals surface area contributed by atoms with Crippen molar-refractivity contribution in [2.75, 3.05) is 25.0 Å². The maximum atomic E-state index is 11.2. The zero-order valence-corrected chi connectivity index (χ0v) is 10.9. The third-order valence-electron chi connectivity index (χ3n) is 1.88. The van der Waals surface area contributed by atoms with Gasteiger partial charge in [-0.1, -0.05) is 0 Å². The lowest BCUT2D eigenvalue weighted by molar-refractivity contribution is -0.119. The molecule has 0 unspecified atom stereocenters. The molecule has 0 spiro atoms. The second-order valence-electron chi connectivity index (χ2n) is 2.89. The van der Waals surface area contributed by atoms with E-state index in [-0.39, 0.29) is 12.5 Å². The molecule has 0 fully saturated rings. The highest BCUT2D eigenvalue weighted by Gasteiger charge is 2.10. The van der Waals surface area contributed by atoms with E-state index in [4.69, 9.17) is 0 Å². The Balaban J connectivity index is 2.74. The second kappa shape index (κ2) is 5.84. The first-order valence-electron chi connectivity index (χ1n) is 4.60. The molecule has 82 valence electrons. The highest BCUT2D eigenvalue weighted by Crippen LogP contribution is 2.07. The summed E-state index contributed by atoms with van der Waals surface area (Å²) in [7, 11) is 1.62. The zero-order chi connectivity index (χ0) is 11.3. The Hall–Kier alpha value is -0.920. The van der Waals surface area contributed by atoms with Crippen LogP contribution in [0.4, 0.5) is 5.95 Å². The van der Waals surface area contributed by atoms with Gasteiger partial charge in [-0.25, -0.2) is 9.97 Å². The van der Waals surface area contributed by atoms with Crippen LogP contribution in [0.25, 0.3) is 0 Å². The number of aromatic nitrogens is 2. The van der Waals surface area contributed by atoms with E-state index in [1.54, 1.807) is 19.4 Å². The van der Waals surface area contributed by atoms with Crippen LogP contribution < -0.4 is 10.2 Å². The molecule has 0 aliphatic heterocycles. The predicted molar refractivity (Wildman–Crippen MR) is 66.7 cm³/mol. The van der Waals surface area contributed by atoms with Crippen molar-refractivity contribution in [2.45, 2.75) is 6.92 Å². The average Bonchev–Trinajstić information content (AvgIpc) is 2.27. The van der Waals surface area contributed by atoms with Crippen LogP contribution in [0.1, 0.15) is 6.92 Å². The molecule has 1 N–H and O–H groups in total. The summed E-state index contributed by atoms with van der Waals surface area (Å²) in [4.78, 5) is 21.4. The normalized spacial score (nSPS) is 9.80. The topological polar surface area (TPSA) is 58.1 Å². The maximum Gasteiger partial charge on any atom is 0.239 e. The van der Waals surface area contributed by atoms with E-state index in [0.717, 1.165) is 3.57 Å². The Labute approximate surface area is 102 Å². The Bertz CT molecular complexity index is 327. The summed E-state index contributed by atoms with van der Waals surface area (Å²) in [5, 5.41) is 2.57. The number of nitrogens with zero attached hydrogens (tertiary/aromatic N) is 3. The lowest BCUT2D eigenvalue weighted by Crippen LogP contribution is -2.36. The van der Waals surface area contributed by atoms with Crippen molar-refractivity contribution in [2.24, 2.45) is 0 Å². The lowest BCUT2D eigenvalue weighted by Gasteiger charge is -2.19. The molecule has 1 aromatic heterocycles. The summed E-state index contributed by atoms with van der Waals surface area (Å²) in [5.74, 6) is 0.542. The summed E-state index contributed by atoms with van der Waals surface area (Å²) in [5.41, 5.74) is 0. The first-order valence-corrected chi connectivity index (χ1v) is 5.68. The molecule has 0 aliphatic rings. The molecular weight excluding hydrogens is 307 g/mol. The number of amides is 1. The zero-order valence-electron chi connectivity index (χ0n) is 8.70. The number of carbonyl (C=O) groups is 1. The van der Waals surface area contributed by atoms with Gasteiger partial charge >= 0.3 is 0 Å². The summed E-state index contributed by atoms with van der Waals surface area (Å²) < 4.78 is 0.979. The van der Waals surface area contributed by atoms with Gasteiger partial charge in [0.15, 0.2) is 0 Å². The summed E-state index contributed by atoms with van der Waals surface area (Å²) in [6, 6.07) is 0. The van der Waals surface area contributed by atoms with Gasteiger partial charge in [-0.2, -0.15) is 0 Å². The molecule has 0 atom stereocenters. The van der Waals surface area contributed by atoms with E-state index in [1.165, 1.54) is 0 Å². The fourth-order valence-corrected chi connectivity index (χ4v) is 1.32. The minimum atomic E-state index is -0.0426. The fraction of sp³-hybridized carbons (Fsp3) is 0.444. The minimum absolute atomic E-state index is 0.0426. The van der Waals surface area contributed by atoms with Crippen molar-refractivity contribution in [3.05, 3.63) is 16.0 Å². The predicted octanol–water partition coefficient (Wildman–Crippen LogP) is 0.653. The van der Waals surface area contributed by atoms with Crippen LogP contribution >= 0.6 is 22.6 Å². The van der Waals surface area contributed by atoms with Crippen molar-refractivity contribution in [3.63, 3.8) is 0 Å². The molecule has 0 saturated carbocycles. The SMILES string of the molecule is CCN(CC(=O)NC)c1ncc(I)cn1. The highest BCUT2D eigenvalue weighted by molar-refractivity contribution is 14.1. The number of hydrogen-bond donors (Lipinski definition) is 1. The average molecular weight is 320 g/mol. The van der Waals surface area contributed by atoms with Gasteiger partial charge in [0.2, 0.25) is 11.9 Å². The van der Waals surface area contributed by atoms with E-state index >= 15 is 0 Å². The molecule has 15 heavy (non-hydrogen) atoms. The van der Waals surface area contributed by atoms with Gasteiger partial charge < -0.3 is 10.2 Å². The second-order valence-corrected chi connectivity index (χ2v) is 4.13. The van der Waals surface area contributed by atoms with E-state index in [2.05, 4.69) is 37.9 Å². The van der Waals surface area contributed by atoms with Gasteiger partial charge in [0.25, 0.3) is 0 Å². The first kappa shape index (κ1) is 12.2. The van der Waals surface area contributed by atoms with Crippen LogP contribution in [0, 0.1) is 3.57 Å². The number of rotatable bonds is 4.